The van der Waals surface area contributed by atoms with Crippen molar-refractivity contribution >= 4 is 34.0 Å². The molecular weight excluding hydrogens is 396 g/mol. The van der Waals surface area contributed by atoms with Crippen LogP contribution < -0.4 is 10.2 Å². The van der Waals surface area contributed by atoms with E-state index < -0.39 is 5.41 Å². The monoisotopic (exact) mass is 418 g/mol. The number of rotatable bonds is 4. The van der Waals surface area contributed by atoms with Gasteiger partial charge >= 0.3 is 0 Å². The van der Waals surface area contributed by atoms with Crippen LogP contribution in [0, 0.1) is 16.7 Å². The number of nitrogens with one attached hydrogen (secondary N) is 1. The van der Waals surface area contributed by atoms with Crippen molar-refractivity contribution in [3.63, 3.8) is 0 Å². The molecule has 3 aromatic rings. The maximum atomic E-state index is 13.0. The van der Waals surface area contributed by atoms with E-state index in [0.717, 1.165) is 35.0 Å². The van der Waals surface area contributed by atoms with Crippen LogP contribution in [0.1, 0.15) is 31.0 Å². The molecule has 1 aliphatic rings. The van der Waals surface area contributed by atoms with Gasteiger partial charge in [-0.3, -0.25) is 9.78 Å². The number of piperidine rings is 1. The summed E-state index contributed by atoms with van der Waals surface area (Å²) >= 11 is 6.02. The molecule has 1 amide bonds. The summed E-state index contributed by atoms with van der Waals surface area (Å²) in [6.45, 7) is 3.86. The lowest BCUT2D eigenvalue weighted by Crippen LogP contribution is -2.47. The molecule has 152 valence electrons. The number of benzene rings is 2. The van der Waals surface area contributed by atoms with Crippen LogP contribution in [0.5, 0.6) is 0 Å². The van der Waals surface area contributed by atoms with Gasteiger partial charge < -0.3 is 10.2 Å². The van der Waals surface area contributed by atoms with Crippen molar-refractivity contribution in [1.29, 1.82) is 5.26 Å². The second kappa shape index (κ2) is 8.33. The number of nitrogens with zero attached hydrogens (tertiary/aromatic N) is 3. The summed E-state index contributed by atoms with van der Waals surface area (Å²) in [7, 11) is 0. The number of carbonyl (C=O) groups is 1. The Hall–Kier alpha value is -3.10. The molecule has 0 saturated carbocycles. The van der Waals surface area contributed by atoms with Gasteiger partial charge in [0.1, 0.15) is 6.07 Å². The Morgan fingerprint density at radius 2 is 2.00 bits per heavy atom. The highest BCUT2D eigenvalue weighted by Crippen LogP contribution is 2.35. The van der Waals surface area contributed by atoms with Crippen molar-refractivity contribution < 1.29 is 4.79 Å². The lowest BCUT2D eigenvalue weighted by molar-refractivity contribution is -0.131. The van der Waals surface area contributed by atoms with E-state index >= 15 is 0 Å². The Morgan fingerprint density at radius 3 is 2.77 bits per heavy atom. The molecule has 6 heteroatoms. The minimum Gasteiger partial charge on any atom is -0.370 e. The third kappa shape index (κ3) is 3.96. The van der Waals surface area contributed by atoms with Gasteiger partial charge in [0, 0.05) is 35.1 Å². The largest absolute Gasteiger partial charge is 0.370 e. The summed E-state index contributed by atoms with van der Waals surface area (Å²) in [5.41, 5.74) is 1.88. The molecule has 0 atom stereocenters. The fourth-order valence-electron chi connectivity index (χ4n) is 4.04. The predicted molar refractivity (Wildman–Crippen MR) is 119 cm³/mol. The summed E-state index contributed by atoms with van der Waals surface area (Å²) < 4.78 is 0. The van der Waals surface area contributed by atoms with E-state index in [4.69, 9.17) is 11.6 Å². The van der Waals surface area contributed by atoms with Crippen molar-refractivity contribution in [2.24, 2.45) is 5.41 Å². The first kappa shape index (κ1) is 20.2. The second-order valence-corrected chi connectivity index (χ2v) is 8.42. The van der Waals surface area contributed by atoms with E-state index in [1.54, 1.807) is 18.3 Å². The predicted octanol–water partition coefficient (Wildman–Crippen LogP) is 4.68. The number of nitriles is 1. The number of fused-ring (bicyclic) bond motifs is 1. The molecule has 1 aliphatic heterocycles. The number of aromatic nitrogens is 1. The minimum atomic E-state index is -0.444. The van der Waals surface area contributed by atoms with Gasteiger partial charge in [0.25, 0.3) is 0 Å². The molecule has 0 aliphatic carbocycles. The Bertz CT molecular complexity index is 1120. The van der Waals surface area contributed by atoms with E-state index in [9.17, 15) is 10.1 Å². The van der Waals surface area contributed by atoms with Crippen LogP contribution in [-0.2, 0) is 11.3 Å². The number of carbonyl (C=O) groups excluding carboxylic acids is 1. The van der Waals surface area contributed by atoms with Crippen molar-refractivity contribution in [3.05, 3.63) is 71.0 Å². The average molecular weight is 419 g/mol. The number of hydrogen-bond acceptors (Lipinski definition) is 4. The zero-order valence-electron chi connectivity index (χ0n) is 16.9. The number of anilines is 1. The fourth-order valence-corrected chi connectivity index (χ4v) is 4.21. The zero-order valence-corrected chi connectivity index (χ0v) is 17.6. The number of pyridine rings is 1. The minimum absolute atomic E-state index is 0.0495. The molecular formula is C24H23ClN4O. The average Bonchev–Trinajstić information content (AvgIpc) is 2.78. The van der Waals surface area contributed by atoms with E-state index in [0.29, 0.717) is 30.2 Å². The molecule has 5 nitrogen and oxygen atoms in total. The Balaban J connectivity index is 1.42. The molecule has 2 heterocycles. The van der Waals surface area contributed by atoms with Crippen molar-refractivity contribution in [2.75, 3.05) is 18.0 Å². The van der Waals surface area contributed by atoms with E-state index in [2.05, 4.69) is 21.3 Å². The highest BCUT2D eigenvalue weighted by molar-refractivity contribution is 6.30. The molecule has 0 unspecified atom stereocenters. The molecule has 4 rings (SSSR count). The van der Waals surface area contributed by atoms with Crippen LogP contribution in [0.25, 0.3) is 10.8 Å². The first-order valence-corrected chi connectivity index (χ1v) is 10.4. The smallest absolute Gasteiger partial charge is 0.226 e. The van der Waals surface area contributed by atoms with Crippen molar-refractivity contribution in [3.8, 4) is 6.07 Å². The third-order valence-electron chi connectivity index (χ3n) is 6.01. The third-order valence-corrected chi connectivity index (χ3v) is 6.24. The van der Waals surface area contributed by atoms with Crippen molar-refractivity contribution in [2.45, 2.75) is 26.3 Å². The highest BCUT2D eigenvalue weighted by Gasteiger charge is 2.37. The molecule has 1 aromatic heterocycles. The Kier molecular flexibility index (Phi) is 5.61. The van der Waals surface area contributed by atoms with Gasteiger partial charge in [0.2, 0.25) is 5.91 Å². The normalized spacial score (nSPS) is 15.6. The van der Waals surface area contributed by atoms with E-state index in [-0.39, 0.29) is 5.91 Å². The van der Waals surface area contributed by atoms with Crippen LogP contribution in [0.3, 0.4) is 0 Å². The summed E-state index contributed by atoms with van der Waals surface area (Å²) in [6, 6.07) is 17.6. The van der Waals surface area contributed by atoms with Gasteiger partial charge in [-0.2, -0.15) is 5.26 Å². The summed E-state index contributed by atoms with van der Waals surface area (Å²) in [4.78, 5) is 19.6. The quantitative estimate of drug-likeness (QED) is 0.667. The molecule has 30 heavy (non-hydrogen) atoms. The van der Waals surface area contributed by atoms with Crippen LogP contribution in [0.4, 0.5) is 5.69 Å². The van der Waals surface area contributed by atoms with Crippen LogP contribution >= 0.6 is 11.6 Å². The maximum Gasteiger partial charge on any atom is 0.226 e. The van der Waals surface area contributed by atoms with Crippen LogP contribution in [-0.4, -0.2) is 24.0 Å². The summed E-state index contributed by atoms with van der Waals surface area (Å²) in [6.07, 6.45) is 3.22. The van der Waals surface area contributed by atoms with Gasteiger partial charge in [0.05, 0.1) is 23.5 Å². The van der Waals surface area contributed by atoms with E-state index in [1.165, 1.54) is 0 Å². The van der Waals surface area contributed by atoms with E-state index in [1.807, 2.05) is 43.3 Å². The maximum absolute atomic E-state index is 13.0. The Morgan fingerprint density at radius 1 is 1.23 bits per heavy atom. The topological polar surface area (TPSA) is 69.0 Å². The molecule has 0 radical (unpaired) electrons. The number of amides is 1. The van der Waals surface area contributed by atoms with Crippen molar-refractivity contribution in [1.82, 2.24) is 10.3 Å². The first-order chi connectivity index (χ1) is 14.5. The van der Waals surface area contributed by atoms with Crippen LogP contribution in [0.2, 0.25) is 5.02 Å². The Labute approximate surface area is 181 Å². The van der Waals surface area contributed by atoms with Gasteiger partial charge in [-0.05, 0) is 42.5 Å². The summed E-state index contributed by atoms with van der Waals surface area (Å²) in [5.74, 6) is 0.0495. The molecule has 2 aromatic carbocycles. The van der Waals surface area contributed by atoms with Gasteiger partial charge in [-0.1, -0.05) is 42.8 Å². The van der Waals surface area contributed by atoms with Gasteiger partial charge in [-0.15, -0.1) is 0 Å². The second-order valence-electron chi connectivity index (χ2n) is 7.98. The van der Waals surface area contributed by atoms with Gasteiger partial charge in [-0.25, -0.2) is 0 Å². The summed E-state index contributed by atoms with van der Waals surface area (Å²) in [5, 5.41) is 15.2. The fraction of sp³-hybridized carbons (Fsp3) is 0.292. The molecule has 1 N–H and O–H groups in total. The number of hydrogen-bond donors (Lipinski definition) is 1. The lowest BCUT2D eigenvalue weighted by atomic mass is 9.79. The first-order valence-electron chi connectivity index (χ1n) is 10.1. The zero-order chi connectivity index (χ0) is 21.1. The van der Waals surface area contributed by atoms with Crippen LogP contribution in [0.15, 0.2) is 54.7 Å². The lowest BCUT2D eigenvalue weighted by Gasteiger charge is -2.39. The van der Waals surface area contributed by atoms with Gasteiger partial charge in [0.15, 0.2) is 0 Å². The highest BCUT2D eigenvalue weighted by atomic mass is 35.5. The SMILES string of the molecule is CC1(C(=O)NCc2nccc3ccccc23)CCN(c2ccc(Cl)cc2C#N)CC1. The number of halogens is 1. The molecule has 1 saturated heterocycles. The standard InChI is InChI=1S/C24H23ClN4O/c1-24(9-12-29(13-10-24)22-7-6-19(25)14-18(22)15-26)23(30)28-16-21-20-5-3-2-4-17(20)8-11-27-21/h2-8,11,14H,9-10,12-13,16H2,1H3,(H,28,30). The molecule has 1 fully saturated rings. The molecule has 0 spiro atoms. The molecule has 0 bridgehead atoms.